The van der Waals surface area contributed by atoms with E-state index in [-0.39, 0.29) is 0 Å². The summed E-state index contributed by atoms with van der Waals surface area (Å²) in [4.78, 5) is 0. The van der Waals surface area contributed by atoms with E-state index in [0.717, 1.165) is 48.9 Å². The summed E-state index contributed by atoms with van der Waals surface area (Å²) in [5.74, 6) is 6.04. The van der Waals surface area contributed by atoms with Crippen molar-refractivity contribution in [1.29, 1.82) is 0 Å². The molecule has 45 heavy (non-hydrogen) atoms. The maximum Gasteiger partial charge on any atom is 0.161 e. The van der Waals surface area contributed by atoms with Gasteiger partial charge in [-0.1, -0.05) is 59.8 Å². The predicted molar refractivity (Wildman–Crippen MR) is 186 cm³/mol. The molecule has 0 saturated carbocycles. The van der Waals surface area contributed by atoms with Crippen LogP contribution >= 0.6 is 0 Å². The highest BCUT2D eigenvalue weighted by Gasteiger charge is 2.31. The molecule has 0 unspecified atom stereocenters. The fourth-order valence-electron chi connectivity index (χ4n) is 7.71. The van der Waals surface area contributed by atoms with Crippen molar-refractivity contribution in [2.24, 2.45) is 23.7 Å². The van der Waals surface area contributed by atoms with E-state index in [9.17, 15) is 0 Å². The summed E-state index contributed by atoms with van der Waals surface area (Å²) in [5, 5.41) is 7.84. The van der Waals surface area contributed by atoms with Gasteiger partial charge in [-0.2, -0.15) is 0 Å². The molecule has 4 rings (SSSR count). The highest BCUT2D eigenvalue weighted by molar-refractivity contribution is 5.50. The summed E-state index contributed by atoms with van der Waals surface area (Å²) in [6.07, 6.45) is 13.5. The van der Waals surface area contributed by atoms with Gasteiger partial charge in [0.1, 0.15) is 0 Å². The molecule has 2 aliphatic heterocycles. The molecule has 0 aromatic heterocycles. The monoisotopic (exact) mass is 622 g/mol. The molecule has 2 aliphatic rings. The van der Waals surface area contributed by atoms with Crippen LogP contribution in [0.15, 0.2) is 24.3 Å². The number of hydrogen-bond donors (Lipinski definition) is 2. The first-order valence-corrected chi connectivity index (χ1v) is 17.8. The lowest BCUT2D eigenvalue weighted by atomic mass is 9.79. The van der Waals surface area contributed by atoms with E-state index < -0.39 is 0 Å². The van der Waals surface area contributed by atoms with Crippen molar-refractivity contribution < 1.29 is 18.9 Å². The Hall–Kier alpha value is -2.44. The zero-order valence-electron chi connectivity index (χ0n) is 29.6. The lowest BCUT2D eigenvalue weighted by molar-refractivity contribution is 0.269. The zero-order chi connectivity index (χ0) is 32.3. The van der Waals surface area contributed by atoms with Crippen LogP contribution in [0.4, 0.5) is 0 Å². The van der Waals surface area contributed by atoms with Crippen LogP contribution in [-0.2, 0) is 12.8 Å². The lowest BCUT2D eigenvalue weighted by Crippen LogP contribution is -2.35. The molecule has 6 nitrogen and oxygen atoms in total. The summed E-state index contributed by atoms with van der Waals surface area (Å²) in [6.45, 7) is 11.5. The first-order chi connectivity index (χ1) is 21.8. The van der Waals surface area contributed by atoms with Gasteiger partial charge in [0.05, 0.1) is 28.4 Å². The van der Waals surface area contributed by atoms with Crippen LogP contribution in [0.5, 0.6) is 23.0 Å². The van der Waals surface area contributed by atoms with Gasteiger partial charge < -0.3 is 29.6 Å². The lowest BCUT2D eigenvalue weighted by Gasteiger charge is -2.35. The Morgan fingerprint density at radius 3 is 1.27 bits per heavy atom. The van der Waals surface area contributed by atoms with Crippen LogP contribution in [-0.4, -0.2) is 41.5 Å². The average molecular weight is 623 g/mol. The molecule has 0 radical (unpaired) electrons. The van der Waals surface area contributed by atoms with Crippen molar-refractivity contribution in [3.63, 3.8) is 0 Å². The van der Waals surface area contributed by atoms with Crippen LogP contribution in [0.1, 0.15) is 120 Å². The Labute approximate surface area is 274 Å². The Balaban J connectivity index is 1.43. The Kier molecular flexibility index (Phi) is 13.7. The number of hydrogen-bond acceptors (Lipinski definition) is 6. The minimum absolute atomic E-state index is 0.376. The zero-order valence-corrected chi connectivity index (χ0v) is 29.6. The van der Waals surface area contributed by atoms with E-state index in [0.29, 0.717) is 35.8 Å². The van der Waals surface area contributed by atoms with Gasteiger partial charge in [-0.15, -0.1) is 0 Å². The van der Waals surface area contributed by atoms with E-state index in [1.165, 1.54) is 80.0 Å². The summed E-state index contributed by atoms with van der Waals surface area (Å²) in [6, 6.07) is 9.66. The Morgan fingerprint density at radius 2 is 0.911 bits per heavy atom. The number of benzene rings is 2. The first-order valence-electron chi connectivity index (χ1n) is 17.8. The van der Waals surface area contributed by atoms with Gasteiger partial charge in [0, 0.05) is 12.1 Å². The molecule has 0 aliphatic carbocycles. The molecule has 2 heterocycles. The molecule has 4 atom stereocenters. The van der Waals surface area contributed by atoms with Crippen LogP contribution < -0.4 is 29.6 Å². The molecule has 0 spiro atoms. The van der Waals surface area contributed by atoms with Gasteiger partial charge in [0.15, 0.2) is 23.0 Å². The third-order valence-electron chi connectivity index (χ3n) is 10.3. The van der Waals surface area contributed by atoms with Crippen LogP contribution in [0.3, 0.4) is 0 Å². The van der Waals surface area contributed by atoms with Gasteiger partial charge >= 0.3 is 0 Å². The van der Waals surface area contributed by atoms with Crippen LogP contribution in [0.2, 0.25) is 0 Å². The standard InChI is InChI=1S/C39H62N2O4/c1-26(2)14-16-28(38-32-24-36(44-7)34(42-5)22-30(32)18-20-40-38)12-10-9-11-13-29(17-15-27(3)4)39-33-25-37(45-8)35(43-6)23-31(33)19-21-41-39/h22-29,38-41H,9-21H2,1-8H3/t28-,29-,38-,39-/m1/s1. The van der Waals surface area contributed by atoms with Crippen molar-refractivity contribution in [3.05, 3.63) is 46.5 Å². The Bertz CT molecular complexity index is 1100. The second-order valence-corrected chi connectivity index (χ2v) is 14.3. The third kappa shape index (κ3) is 9.32. The van der Waals surface area contributed by atoms with Crippen LogP contribution in [0.25, 0.3) is 0 Å². The fourth-order valence-corrected chi connectivity index (χ4v) is 7.71. The van der Waals surface area contributed by atoms with Gasteiger partial charge in [-0.25, -0.2) is 0 Å². The number of ether oxygens (including phenoxy) is 4. The van der Waals surface area contributed by atoms with Crippen molar-refractivity contribution >= 4 is 0 Å². The van der Waals surface area contributed by atoms with Gasteiger partial charge in [0.25, 0.3) is 0 Å². The van der Waals surface area contributed by atoms with Gasteiger partial charge in [-0.3, -0.25) is 0 Å². The van der Waals surface area contributed by atoms with E-state index in [4.69, 9.17) is 18.9 Å². The first kappa shape index (κ1) is 35.4. The summed E-state index contributed by atoms with van der Waals surface area (Å²) >= 11 is 0. The quantitative estimate of drug-likeness (QED) is 0.162. The predicted octanol–water partition coefficient (Wildman–Crippen LogP) is 8.85. The number of unbranched alkanes of at least 4 members (excludes halogenated alkanes) is 2. The second kappa shape index (κ2) is 17.5. The molecule has 0 saturated heterocycles. The normalized spacial score (nSPS) is 19.2. The molecule has 0 fully saturated rings. The SMILES string of the molecule is COc1cc2c(cc1OC)[C@@H]([C@H](CCCCC[C@H](CCC(C)C)[C@H]1NCCc3cc(OC)c(OC)cc31)CCC(C)C)NCC2. The molecule has 0 bridgehead atoms. The minimum Gasteiger partial charge on any atom is -0.493 e. The molecule has 6 heteroatoms. The van der Waals surface area contributed by atoms with Crippen molar-refractivity contribution in [3.8, 4) is 23.0 Å². The topological polar surface area (TPSA) is 61.0 Å². The molecule has 2 N–H and O–H groups in total. The van der Waals surface area contributed by atoms with E-state index >= 15 is 0 Å². The molecule has 2 aromatic carbocycles. The summed E-state index contributed by atoms with van der Waals surface area (Å²) < 4.78 is 22.7. The molecule has 252 valence electrons. The summed E-state index contributed by atoms with van der Waals surface area (Å²) in [7, 11) is 6.96. The summed E-state index contributed by atoms with van der Waals surface area (Å²) in [5.41, 5.74) is 5.65. The highest BCUT2D eigenvalue weighted by atomic mass is 16.5. The van der Waals surface area contributed by atoms with Crippen LogP contribution in [0, 0.1) is 23.7 Å². The maximum atomic E-state index is 5.72. The van der Waals surface area contributed by atoms with Gasteiger partial charge in [-0.05, 0) is 122 Å². The molecule has 2 aromatic rings. The Morgan fingerprint density at radius 1 is 0.533 bits per heavy atom. The smallest absolute Gasteiger partial charge is 0.161 e. The number of methoxy groups -OCH3 is 4. The minimum atomic E-state index is 0.376. The second-order valence-electron chi connectivity index (χ2n) is 14.3. The average Bonchev–Trinajstić information content (AvgIpc) is 3.05. The number of fused-ring (bicyclic) bond motifs is 2. The number of rotatable bonds is 18. The maximum absolute atomic E-state index is 5.72. The van der Waals surface area contributed by atoms with E-state index in [2.05, 4.69) is 62.6 Å². The van der Waals surface area contributed by atoms with Crippen molar-refractivity contribution in [2.75, 3.05) is 41.5 Å². The molecule has 0 amide bonds. The fraction of sp³-hybridized carbons (Fsp3) is 0.692. The molecular weight excluding hydrogens is 560 g/mol. The van der Waals surface area contributed by atoms with Crippen molar-refractivity contribution in [1.82, 2.24) is 10.6 Å². The van der Waals surface area contributed by atoms with Gasteiger partial charge in [0.2, 0.25) is 0 Å². The molecular formula is C39H62N2O4. The van der Waals surface area contributed by atoms with E-state index in [1.807, 2.05) is 0 Å². The number of nitrogens with one attached hydrogen (secondary N) is 2. The third-order valence-corrected chi connectivity index (χ3v) is 10.3. The largest absolute Gasteiger partial charge is 0.493 e. The highest BCUT2D eigenvalue weighted by Crippen LogP contribution is 2.42. The van der Waals surface area contributed by atoms with E-state index in [1.54, 1.807) is 28.4 Å². The van der Waals surface area contributed by atoms with Crippen molar-refractivity contribution in [2.45, 2.75) is 110 Å².